The molecule has 1 unspecified atom stereocenters. The molecule has 5 nitrogen and oxygen atoms in total. The number of hydrogen-bond donors (Lipinski definition) is 1. The lowest BCUT2D eigenvalue weighted by Gasteiger charge is -2.08. The average molecular weight is 256 g/mol. The van der Waals surface area contributed by atoms with E-state index >= 15 is 0 Å². The number of halogens is 1. The van der Waals surface area contributed by atoms with Gasteiger partial charge >= 0.3 is 0 Å². The summed E-state index contributed by atoms with van der Waals surface area (Å²) >= 11 is 5.62. The predicted octanol–water partition coefficient (Wildman–Crippen LogP) is 2.03. The van der Waals surface area contributed by atoms with Gasteiger partial charge in [0.05, 0.1) is 6.10 Å². The highest BCUT2D eigenvalue weighted by atomic mass is 35.5. The molecule has 2 rings (SSSR count). The third kappa shape index (κ3) is 3.94. The van der Waals surface area contributed by atoms with E-state index in [9.17, 15) is 4.79 Å². The van der Waals surface area contributed by atoms with Gasteiger partial charge in [0, 0.05) is 19.2 Å². The lowest BCUT2D eigenvalue weighted by Crippen LogP contribution is -2.16. The summed E-state index contributed by atoms with van der Waals surface area (Å²) in [5.74, 6) is 0.359. The summed E-state index contributed by atoms with van der Waals surface area (Å²) in [4.78, 5) is 19.2. The Morgan fingerprint density at radius 2 is 2.53 bits per heavy atom. The van der Waals surface area contributed by atoms with Crippen molar-refractivity contribution in [3.63, 3.8) is 0 Å². The first-order valence-electron chi connectivity index (χ1n) is 5.64. The number of rotatable bonds is 4. The molecule has 1 amide bonds. The lowest BCUT2D eigenvalue weighted by molar-refractivity contribution is -0.116. The molecule has 0 bridgehead atoms. The van der Waals surface area contributed by atoms with Crippen molar-refractivity contribution < 1.29 is 9.53 Å². The van der Waals surface area contributed by atoms with Gasteiger partial charge in [-0.2, -0.15) is 0 Å². The second kappa shape index (κ2) is 5.93. The molecule has 1 aromatic heterocycles. The van der Waals surface area contributed by atoms with E-state index in [1.54, 1.807) is 6.07 Å². The van der Waals surface area contributed by atoms with Crippen LogP contribution in [0.2, 0.25) is 5.28 Å². The zero-order valence-electron chi connectivity index (χ0n) is 9.36. The van der Waals surface area contributed by atoms with Crippen molar-refractivity contribution in [2.75, 3.05) is 11.9 Å². The lowest BCUT2D eigenvalue weighted by atomic mass is 10.1. The van der Waals surface area contributed by atoms with Crippen LogP contribution in [0.3, 0.4) is 0 Å². The molecule has 0 spiro atoms. The third-order valence-electron chi connectivity index (χ3n) is 2.61. The number of hydrogen-bond acceptors (Lipinski definition) is 4. The number of carbonyl (C=O) groups is 1. The van der Waals surface area contributed by atoms with E-state index in [0.29, 0.717) is 12.2 Å². The van der Waals surface area contributed by atoms with Crippen LogP contribution < -0.4 is 5.32 Å². The van der Waals surface area contributed by atoms with Crippen LogP contribution in [0, 0.1) is 0 Å². The van der Waals surface area contributed by atoms with Gasteiger partial charge in [0.15, 0.2) is 0 Å². The highest BCUT2D eigenvalue weighted by Gasteiger charge is 2.16. The van der Waals surface area contributed by atoms with Gasteiger partial charge in [-0.15, -0.1) is 0 Å². The monoisotopic (exact) mass is 255 g/mol. The molecule has 1 aliphatic heterocycles. The third-order valence-corrected chi connectivity index (χ3v) is 2.79. The molecule has 1 aliphatic rings. The smallest absolute Gasteiger partial charge is 0.225 e. The fraction of sp³-hybridized carbons (Fsp3) is 0.545. The number of nitrogens with one attached hydrogen (secondary N) is 1. The summed E-state index contributed by atoms with van der Waals surface area (Å²) in [7, 11) is 0. The van der Waals surface area contributed by atoms with Gasteiger partial charge in [-0.1, -0.05) is 0 Å². The van der Waals surface area contributed by atoms with E-state index in [4.69, 9.17) is 16.3 Å². The largest absolute Gasteiger partial charge is 0.378 e. The molecule has 1 saturated heterocycles. The Bertz CT molecular complexity index is 394. The zero-order chi connectivity index (χ0) is 12.1. The average Bonchev–Trinajstić information content (AvgIpc) is 2.79. The zero-order valence-corrected chi connectivity index (χ0v) is 10.1. The SMILES string of the molecule is O=C(CCC1CCCO1)Nc1ccnc(Cl)n1. The standard InChI is InChI=1S/C11H14ClN3O2/c12-11-13-6-5-9(15-11)14-10(16)4-3-8-2-1-7-17-8/h5-6,8H,1-4,7H2,(H,13,14,15,16). The summed E-state index contributed by atoms with van der Waals surface area (Å²) in [6.07, 6.45) is 5.07. The van der Waals surface area contributed by atoms with Gasteiger partial charge in [0.1, 0.15) is 5.82 Å². The number of anilines is 1. The minimum absolute atomic E-state index is 0.0738. The number of amides is 1. The van der Waals surface area contributed by atoms with Gasteiger partial charge in [-0.05, 0) is 36.9 Å². The Morgan fingerprint density at radius 3 is 3.24 bits per heavy atom. The maximum absolute atomic E-state index is 11.6. The van der Waals surface area contributed by atoms with Gasteiger partial charge < -0.3 is 10.1 Å². The van der Waals surface area contributed by atoms with Crippen LogP contribution in [0.1, 0.15) is 25.7 Å². The van der Waals surface area contributed by atoms with Crippen LogP contribution in [-0.2, 0) is 9.53 Å². The molecule has 1 atom stereocenters. The van der Waals surface area contributed by atoms with Crippen molar-refractivity contribution in [2.24, 2.45) is 0 Å². The van der Waals surface area contributed by atoms with Gasteiger partial charge in [0.2, 0.25) is 11.2 Å². The number of ether oxygens (including phenoxy) is 1. The molecular weight excluding hydrogens is 242 g/mol. The predicted molar refractivity (Wildman–Crippen MR) is 63.9 cm³/mol. The number of carbonyl (C=O) groups excluding carboxylic acids is 1. The van der Waals surface area contributed by atoms with Crippen LogP contribution in [0.5, 0.6) is 0 Å². The van der Waals surface area contributed by atoms with E-state index < -0.39 is 0 Å². The molecular formula is C11H14ClN3O2. The Labute approximate surface area is 105 Å². The van der Waals surface area contributed by atoms with Crippen LogP contribution in [0.4, 0.5) is 5.82 Å². The fourth-order valence-corrected chi connectivity index (χ4v) is 1.92. The first-order chi connectivity index (χ1) is 8.24. The number of aromatic nitrogens is 2. The van der Waals surface area contributed by atoms with Crippen LogP contribution >= 0.6 is 11.6 Å². The Morgan fingerprint density at radius 1 is 1.65 bits per heavy atom. The van der Waals surface area contributed by atoms with Gasteiger partial charge in [-0.25, -0.2) is 9.97 Å². The molecule has 0 radical (unpaired) electrons. The van der Waals surface area contributed by atoms with Crippen LogP contribution in [0.15, 0.2) is 12.3 Å². The molecule has 1 fully saturated rings. The maximum atomic E-state index is 11.6. The first-order valence-corrected chi connectivity index (χ1v) is 6.02. The minimum atomic E-state index is -0.0738. The summed E-state index contributed by atoms with van der Waals surface area (Å²) in [6, 6.07) is 1.61. The minimum Gasteiger partial charge on any atom is -0.378 e. The highest BCUT2D eigenvalue weighted by Crippen LogP contribution is 2.17. The van der Waals surface area contributed by atoms with E-state index in [1.807, 2.05) is 0 Å². The molecule has 1 N–H and O–H groups in total. The Balaban J connectivity index is 1.76. The summed E-state index contributed by atoms with van der Waals surface area (Å²) in [6.45, 7) is 0.813. The molecule has 2 heterocycles. The molecule has 0 aromatic carbocycles. The molecule has 1 aromatic rings. The van der Waals surface area contributed by atoms with Crippen molar-refractivity contribution in [3.05, 3.63) is 17.5 Å². The van der Waals surface area contributed by atoms with Crippen molar-refractivity contribution in [1.82, 2.24) is 9.97 Å². The topological polar surface area (TPSA) is 64.1 Å². The maximum Gasteiger partial charge on any atom is 0.225 e. The summed E-state index contributed by atoms with van der Waals surface area (Å²) < 4.78 is 5.45. The molecule has 92 valence electrons. The second-order valence-electron chi connectivity index (χ2n) is 3.93. The fourth-order valence-electron chi connectivity index (χ4n) is 1.77. The van der Waals surface area contributed by atoms with Gasteiger partial charge in [-0.3, -0.25) is 4.79 Å². The van der Waals surface area contributed by atoms with Crippen LogP contribution in [0.25, 0.3) is 0 Å². The highest BCUT2D eigenvalue weighted by molar-refractivity contribution is 6.28. The van der Waals surface area contributed by atoms with E-state index in [0.717, 1.165) is 25.9 Å². The molecule has 17 heavy (non-hydrogen) atoms. The van der Waals surface area contributed by atoms with Crippen LogP contribution in [-0.4, -0.2) is 28.6 Å². The van der Waals surface area contributed by atoms with E-state index in [1.165, 1.54) is 6.20 Å². The first kappa shape index (κ1) is 12.3. The van der Waals surface area contributed by atoms with Crippen molar-refractivity contribution in [2.45, 2.75) is 31.8 Å². The molecule has 0 saturated carbocycles. The number of nitrogens with zero attached hydrogens (tertiary/aromatic N) is 2. The Kier molecular flexibility index (Phi) is 4.28. The molecule has 6 heteroatoms. The normalized spacial score (nSPS) is 19.2. The van der Waals surface area contributed by atoms with Crippen molar-refractivity contribution >= 4 is 23.3 Å². The summed E-state index contributed by atoms with van der Waals surface area (Å²) in [5, 5.41) is 2.80. The van der Waals surface area contributed by atoms with Gasteiger partial charge in [0.25, 0.3) is 0 Å². The van der Waals surface area contributed by atoms with E-state index in [2.05, 4.69) is 15.3 Å². The summed E-state index contributed by atoms with van der Waals surface area (Å²) in [5.41, 5.74) is 0. The molecule has 0 aliphatic carbocycles. The van der Waals surface area contributed by atoms with Crippen molar-refractivity contribution in [1.29, 1.82) is 0 Å². The van der Waals surface area contributed by atoms with Crippen molar-refractivity contribution in [3.8, 4) is 0 Å². The Hall–Kier alpha value is -1.20. The quantitative estimate of drug-likeness (QED) is 0.836. The van der Waals surface area contributed by atoms with E-state index in [-0.39, 0.29) is 17.3 Å². The second-order valence-corrected chi connectivity index (χ2v) is 4.27.